The maximum Gasteiger partial charge on any atom is -0.0235 e. The Kier molecular flexibility index (Phi) is 4.11. The van der Waals surface area contributed by atoms with Crippen LogP contribution in [-0.2, 0) is 0 Å². The molecule has 15 heavy (non-hydrogen) atoms. The van der Waals surface area contributed by atoms with Gasteiger partial charge in [0, 0.05) is 0 Å². The van der Waals surface area contributed by atoms with Gasteiger partial charge in [-0.25, -0.2) is 0 Å². The molecule has 2 rings (SSSR count). The molecule has 0 N–H and O–H groups in total. The maximum absolute atomic E-state index is 2.39. The van der Waals surface area contributed by atoms with Gasteiger partial charge in [-0.1, -0.05) is 46.0 Å². The van der Waals surface area contributed by atoms with Crippen LogP contribution in [0.15, 0.2) is 0 Å². The van der Waals surface area contributed by atoms with E-state index < -0.39 is 0 Å². The van der Waals surface area contributed by atoms with Gasteiger partial charge in [0.25, 0.3) is 0 Å². The topological polar surface area (TPSA) is 0 Å². The highest BCUT2D eigenvalue weighted by molar-refractivity contribution is 5.00. The molecule has 0 heterocycles. The van der Waals surface area contributed by atoms with E-state index in [0.717, 1.165) is 17.8 Å². The Labute approximate surface area is 95.8 Å². The summed E-state index contributed by atoms with van der Waals surface area (Å²) in [4.78, 5) is 0. The van der Waals surface area contributed by atoms with Crippen LogP contribution in [0.25, 0.3) is 0 Å². The van der Waals surface area contributed by atoms with E-state index in [1.807, 2.05) is 5.92 Å². The van der Waals surface area contributed by atoms with E-state index in [4.69, 9.17) is 0 Å². The summed E-state index contributed by atoms with van der Waals surface area (Å²) in [5.41, 5.74) is 0. The summed E-state index contributed by atoms with van der Waals surface area (Å²) in [6, 6.07) is 0. The second kappa shape index (κ2) is 5.37. The first kappa shape index (κ1) is 11.5. The third-order valence-electron chi connectivity index (χ3n) is 4.95. The molecule has 1 radical (unpaired) electrons. The predicted molar refractivity (Wildman–Crippen MR) is 66.6 cm³/mol. The third-order valence-corrected chi connectivity index (χ3v) is 4.95. The lowest BCUT2D eigenvalue weighted by Crippen LogP contribution is -2.10. The minimum Gasteiger partial charge on any atom is -0.0651 e. The first-order chi connectivity index (χ1) is 7.33. The van der Waals surface area contributed by atoms with Crippen LogP contribution in [0.3, 0.4) is 0 Å². The molecule has 0 aromatic heterocycles. The molecule has 2 aliphatic rings. The number of hydrogen-bond acceptors (Lipinski definition) is 0. The van der Waals surface area contributed by atoms with Crippen molar-refractivity contribution in [3.8, 4) is 0 Å². The van der Waals surface area contributed by atoms with Crippen molar-refractivity contribution in [2.75, 3.05) is 0 Å². The Morgan fingerprint density at radius 3 is 2.47 bits per heavy atom. The molecule has 0 amide bonds. The number of rotatable bonds is 4. The summed E-state index contributed by atoms with van der Waals surface area (Å²) < 4.78 is 0. The average Bonchev–Trinajstić information content (AvgIpc) is 2.87. The van der Waals surface area contributed by atoms with E-state index in [1.54, 1.807) is 0 Å². The smallest absolute Gasteiger partial charge is 0.0235 e. The van der Waals surface area contributed by atoms with Crippen LogP contribution in [0, 0.1) is 23.7 Å². The molecule has 2 saturated carbocycles. The molecule has 0 heteroatoms. The summed E-state index contributed by atoms with van der Waals surface area (Å²) in [7, 11) is 0. The molecule has 2 fully saturated rings. The van der Waals surface area contributed by atoms with Gasteiger partial charge in [0.2, 0.25) is 0 Å². The van der Waals surface area contributed by atoms with Gasteiger partial charge in [-0.15, -0.1) is 0 Å². The highest BCUT2D eigenvalue weighted by Crippen LogP contribution is 2.44. The Balaban J connectivity index is 1.77. The van der Waals surface area contributed by atoms with Crippen molar-refractivity contribution in [3.63, 3.8) is 0 Å². The minimum absolute atomic E-state index is 1.04. The zero-order chi connectivity index (χ0) is 10.7. The van der Waals surface area contributed by atoms with Gasteiger partial charge in [0.05, 0.1) is 0 Å². The lowest BCUT2D eigenvalue weighted by atomic mass is 9.84. The highest BCUT2D eigenvalue weighted by atomic mass is 14.4. The fraction of sp³-hybridized carbons (Fsp3) is 0.933. The van der Waals surface area contributed by atoms with Crippen molar-refractivity contribution in [1.29, 1.82) is 0 Å². The first-order valence-corrected chi connectivity index (χ1v) is 7.17. The van der Waals surface area contributed by atoms with Gasteiger partial charge >= 0.3 is 0 Å². The molecule has 0 saturated heterocycles. The molecular formula is C15H27. The molecule has 3 unspecified atom stereocenters. The zero-order valence-electron chi connectivity index (χ0n) is 10.6. The third kappa shape index (κ3) is 2.77. The van der Waals surface area contributed by atoms with E-state index in [9.17, 15) is 0 Å². The molecule has 0 bridgehead atoms. The normalized spacial score (nSPS) is 37.6. The molecule has 0 aromatic carbocycles. The lowest BCUT2D eigenvalue weighted by Gasteiger charge is -2.21. The summed E-state index contributed by atoms with van der Waals surface area (Å²) in [5, 5.41) is 0. The van der Waals surface area contributed by atoms with Crippen molar-refractivity contribution >= 4 is 0 Å². The molecule has 3 atom stereocenters. The number of hydrogen-bond donors (Lipinski definition) is 0. The van der Waals surface area contributed by atoms with Crippen LogP contribution in [0.1, 0.15) is 71.6 Å². The van der Waals surface area contributed by atoms with Crippen LogP contribution in [0.4, 0.5) is 0 Å². The van der Waals surface area contributed by atoms with E-state index in [-0.39, 0.29) is 0 Å². The standard InChI is InChI=1S/C15H27/c1-3-12-8-9-13(10-12)11-15-7-5-6-14(15)4-2/h12,14-15H,3-11H2,1-2H3. The Morgan fingerprint density at radius 2 is 1.80 bits per heavy atom. The molecule has 0 aromatic rings. The quantitative estimate of drug-likeness (QED) is 0.609. The zero-order valence-corrected chi connectivity index (χ0v) is 10.6. The summed E-state index contributed by atoms with van der Waals surface area (Å²) in [6.45, 7) is 4.75. The van der Waals surface area contributed by atoms with E-state index >= 15 is 0 Å². The Bertz CT molecular complexity index is 184. The van der Waals surface area contributed by atoms with Crippen LogP contribution in [0.5, 0.6) is 0 Å². The monoisotopic (exact) mass is 207 g/mol. The van der Waals surface area contributed by atoms with E-state index in [0.29, 0.717) is 0 Å². The second-order valence-electron chi connectivity index (χ2n) is 5.83. The van der Waals surface area contributed by atoms with Gasteiger partial charge in [0.1, 0.15) is 0 Å². The predicted octanol–water partition coefficient (Wildman–Crippen LogP) is 4.99. The molecular weight excluding hydrogens is 180 g/mol. The van der Waals surface area contributed by atoms with Gasteiger partial charge in [-0.3, -0.25) is 0 Å². The highest BCUT2D eigenvalue weighted by Gasteiger charge is 2.31. The fourth-order valence-corrected chi connectivity index (χ4v) is 3.85. The average molecular weight is 207 g/mol. The summed E-state index contributed by atoms with van der Waals surface area (Å²) in [6.07, 6.45) is 13.3. The summed E-state index contributed by atoms with van der Waals surface area (Å²) >= 11 is 0. The van der Waals surface area contributed by atoms with Crippen molar-refractivity contribution < 1.29 is 0 Å². The van der Waals surface area contributed by atoms with Crippen LogP contribution in [-0.4, -0.2) is 0 Å². The van der Waals surface area contributed by atoms with Gasteiger partial charge in [-0.05, 0) is 49.4 Å². The fourth-order valence-electron chi connectivity index (χ4n) is 3.85. The molecule has 0 spiro atoms. The Hall–Kier alpha value is 0. The SMILES string of the molecule is CCC1CC[C](CC2CCCC2CC)C1. The first-order valence-electron chi connectivity index (χ1n) is 7.17. The van der Waals surface area contributed by atoms with Crippen molar-refractivity contribution in [2.45, 2.75) is 71.6 Å². The van der Waals surface area contributed by atoms with Crippen LogP contribution in [0.2, 0.25) is 0 Å². The van der Waals surface area contributed by atoms with Crippen molar-refractivity contribution in [3.05, 3.63) is 5.92 Å². The van der Waals surface area contributed by atoms with Gasteiger partial charge in [-0.2, -0.15) is 0 Å². The van der Waals surface area contributed by atoms with Gasteiger partial charge in [0.15, 0.2) is 0 Å². The second-order valence-corrected chi connectivity index (χ2v) is 5.83. The molecule has 0 aliphatic heterocycles. The minimum atomic E-state index is 1.04. The summed E-state index contributed by atoms with van der Waals surface area (Å²) in [5.74, 6) is 5.10. The lowest BCUT2D eigenvalue weighted by molar-refractivity contribution is 0.355. The maximum atomic E-state index is 2.39. The van der Waals surface area contributed by atoms with Crippen LogP contribution >= 0.6 is 0 Å². The van der Waals surface area contributed by atoms with E-state index in [2.05, 4.69) is 13.8 Å². The van der Waals surface area contributed by atoms with Crippen molar-refractivity contribution in [1.82, 2.24) is 0 Å². The van der Waals surface area contributed by atoms with Crippen molar-refractivity contribution in [2.24, 2.45) is 17.8 Å². The van der Waals surface area contributed by atoms with Crippen LogP contribution < -0.4 is 0 Å². The molecule has 0 nitrogen and oxygen atoms in total. The van der Waals surface area contributed by atoms with E-state index in [1.165, 1.54) is 57.8 Å². The largest absolute Gasteiger partial charge is 0.0651 e. The van der Waals surface area contributed by atoms with Gasteiger partial charge < -0.3 is 0 Å². The molecule has 2 aliphatic carbocycles. The Morgan fingerprint density at radius 1 is 1.00 bits per heavy atom. The molecule has 87 valence electrons.